The number of hydrogen-bond donors (Lipinski definition) is 3. The molecule has 1 fully saturated rings. The summed E-state index contributed by atoms with van der Waals surface area (Å²) >= 11 is 3.60. The van der Waals surface area contributed by atoms with Gasteiger partial charge in [-0.2, -0.15) is 0 Å². The fourth-order valence-electron chi connectivity index (χ4n) is 5.53. The van der Waals surface area contributed by atoms with E-state index in [1.807, 2.05) is 32.9 Å². The van der Waals surface area contributed by atoms with Crippen molar-refractivity contribution in [3.8, 4) is 0 Å². The van der Waals surface area contributed by atoms with Gasteiger partial charge in [-0.25, -0.2) is 0 Å². The largest absolute Gasteiger partial charge is 0.382 e. The number of nitrogens with zero attached hydrogens (tertiary/aromatic N) is 1. The number of anilines is 1. The number of benzene rings is 1. The van der Waals surface area contributed by atoms with Crippen LogP contribution in [0, 0.1) is 20.8 Å². The lowest BCUT2D eigenvalue weighted by Crippen LogP contribution is -2.44. The number of aromatic nitrogens is 1. The van der Waals surface area contributed by atoms with Crippen LogP contribution in [0.2, 0.25) is 0 Å². The Hall–Kier alpha value is -2.12. The predicted molar refractivity (Wildman–Crippen MR) is 158 cm³/mol. The maximum Gasteiger partial charge on any atom is 0.253 e. The average Bonchev–Trinajstić information content (AvgIpc) is 2.85. The molecule has 2 heterocycles. The summed E-state index contributed by atoms with van der Waals surface area (Å²) in [6, 6.07) is 6.96. The van der Waals surface area contributed by atoms with Crippen molar-refractivity contribution in [1.82, 2.24) is 15.2 Å². The molecule has 1 unspecified atom stereocenters. The summed E-state index contributed by atoms with van der Waals surface area (Å²) in [6.07, 6.45) is 10.0. The van der Waals surface area contributed by atoms with Crippen molar-refractivity contribution in [2.24, 2.45) is 0 Å². The molecule has 1 amide bonds. The molecule has 0 bridgehead atoms. The summed E-state index contributed by atoms with van der Waals surface area (Å²) in [6.45, 7) is 12.8. The standard InChI is InChI=1S/C30H45BrN4O2/c1-6-8-9-11-25(10-7-2)35-14-12-24(13-15-35)34-28-18-23(31)17-26(22(28)5)29(36)32-19-27-20(3)16-21(4)33-30(27)37/h16-18,24-25,34H,6-15,19H2,1-5H3,(H,32,36)(H,33,37). The summed E-state index contributed by atoms with van der Waals surface area (Å²) < 4.78 is 0.867. The van der Waals surface area contributed by atoms with Gasteiger partial charge in [0.1, 0.15) is 0 Å². The van der Waals surface area contributed by atoms with Crippen LogP contribution in [-0.2, 0) is 6.54 Å². The molecule has 3 rings (SSSR count). The first-order valence-electron chi connectivity index (χ1n) is 14.0. The quantitative estimate of drug-likeness (QED) is 0.250. The van der Waals surface area contributed by atoms with Gasteiger partial charge in [0.25, 0.3) is 11.5 Å². The number of hydrogen-bond acceptors (Lipinski definition) is 4. The van der Waals surface area contributed by atoms with Crippen LogP contribution in [0.25, 0.3) is 0 Å². The van der Waals surface area contributed by atoms with Gasteiger partial charge in [0.15, 0.2) is 0 Å². The third-order valence-electron chi connectivity index (χ3n) is 7.70. The van der Waals surface area contributed by atoms with Crippen LogP contribution >= 0.6 is 15.9 Å². The van der Waals surface area contributed by atoms with E-state index in [9.17, 15) is 9.59 Å². The number of likely N-dealkylation sites (tertiary alicyclic amines) is 1. The number of nitrogens with one attached hydrogen (secondary N) is 3. The van der Waals surface area contributed by atoms with Crippen LogP contribution in [0.15, 0.2) is 27.5 Å². The van der Waals surface area contributed by atoms with Crippen LogP contribution in [0.4, 0.5) is 5.69 Å². The van der Waals surface area contributed by atoms with Gasteiger partial charge in [-0.05, 0) is 75.8 Å². The molecule has 1 aliphatic rings. The zero-order valence-electron chi connectivity index (χ0n) is 23.3. The third kappa shape index (κ3) is 8.18. The first-order valence-corrected chi connectivity index (χ1v) is 14.8. The molecule has 0 radical (unpaired) electrons. The Kier molecular flexibility index (Phi) is 11.3. The molecule has 1 atom stereocenters. The van der Waals surface area contributed by atoms with E-state index in [0.29, 0.717) is 23.2 Å². The normalized spacial score (nSPS) is 15.5. The van der Waals surface area contributed by atoms with E-state index < -0.39 is 0 Å². The molecule has 3 N–H and O–H groups in total. The number of H-pyrrole nitrogens is 1. The number of carbonyl (C=O) groups excluding carboxylic acids is 1. The van der Waals surface area contributed by atoms with E-state index in [-0.39, 0.29) is 18.0 Å². The van der Waals surface area contributed by atoms with Gasteiger partial charge in [-0.15, -0.1) is 0 Å². The van der Waals surface area contributed by atoms with E-state index in [4.69, 9.17) is 0 Å². The monoisotopic (exact) mass is 572 g/mol. The third-order valence-corrected chi connectivity index (χ3v) is 8.16. The first kappa shape index (κ1) is 29.4. The number of piperidine rings is 1. The summed E-state index contributed by atoms with van der Waals surface area (Å²) in [7, 11) is 0. The first-order chi connectivity index (χ1) is 17.7. The molecule has 6 nitrogen and oxygen atoms in total. The zero-order valence-corrected chi connectivity index (χ0v) is 24.9. The van der Waals surface area contributed by atoms with Crippen molar-refractivity contribution >= 4 is 27.5 Å². The Labute approximate surface area is 231 Å². The van der Waals surface area contributed by atoms with Crippen molar-refractivity contribution in [2.75, 3.05) is 18.4 Å². The molecule has 0 aliphatic carbocycles. The van der Waals surface area contributed by atoms with Crippen molar-refractivity contribution in [1.29, 1.82) is 0 Å². The van der Waals surface area contributed by atoms with Crippen LogP contribution in [0.5, 0.6) is 0 Å². The SMILES string of the molecule is CCCCCC(CCC)N1CCC(Nc2cc(Br)cc(C(=O)NCc3c(C)cc(C)[nH]c3=O)c2C)CC1. The summed E-state index contributed by atoms with van der Waals surface area (Å²) in [5, 5.41) is 6.69. The Balaban J connectivity index is 1.63. The number of carbonyl (C=O) groups is 1. The van der Waals surface area contributed by atoms with Crippen LogP contribution in [-0.4, -0.2) is 41.0 Å². The molecule has 1 saturated heterocycles. The highest BCUT2D eigenvalue weighted by Gasteiger charge is 2.25. The molecule has 1 aromatic carbocycles. The van der Waals surface area contributed by atoms with Gasteiger partial charge >= 0.3 is 0 Å². The average molecular weight is 574 g/mol. The van der Waals surface area contributed by atoms with Gasteiger partial charge in [-0.1, -0.05) is 55.5 Å². The smallest absolute Gasteiger partial charge is 0.253 e. The molecule has 37 heavy (non-hydrogen) atoms. The topological polar surface area (TPSA) is 77.2 Å². The minimum absolute atomic E-state index is 0.149. The second kappa shape index (κ2) is 14.1. The predicted octanol–water partition coefficient (Wildman–Crippen LogP) is 6.62. The Morgan fingerprint density at radius 2 is 1.81 bits per heavy atom. The Morgan fingerprint density at radius 3 is 2.46 bits per heavy atom. The molecule has 0 spiro atoms. The lowest BCUT2D eigenvalue weighted by atomic mass is 9.97. The highest BCUT2D eigenvalue weighted by atomic mass is 79.9. The lowest BCUT2D eigenvalue weighted by Gasteiger charge is -2.38. The molecule has 2 aromatic rings. The number of aromatic amines is 1. The van der Waals surface area contributed by atoms with Crippen LogP contribution in [0.1, 0.15) is 98.0 Å². The van der Waals surface area contributed by atoms with Gasteiger partial charge in [0.2, 0.25) is 0 Å². The highest BCUT2D eigenvalue weighted by molar-refractivity contribution is 9.10. The van der Waals surface area contributed by atoms with Crippen molar-refractivity contribution in [3.05, 3.63) is 61.0 Å². The molecule has 0 saturated carbocycles. The summed E-state index contributed by atoms with van der Waals surface area (Å²) in [5.41, 5.74) is 4.69. The summed E-state index contributed by atoms with van der Waals surface area (Å²) in [4.78, 5) is 31.0. The summed E-state index contributed by atoms with van der Waals surface area (Å²) in [5.74, 6) is -0.175. The molecule has 204 valence electrons. The number of halogens is 1. The highest BCUT2D eigenvalue weighted by Crippen LogP contribution is 2.28. The minimum atomic E-state index is -0.175. The second-order valence-corrected chi connectivity index (χ2v) is 11.6. The number of unbranched alkanes of at least 4 members (excludes halogenated alkanes) is 2. The van der Waals surface area contributed by atoms with Gasteiger partial charge in [-0.3, -0.25) is 9.59 Å². The maximum atomic E-state index is 13.1. The molecule has 1 aromatic heterocycles. The van der Waals surface area contributed by atoms with E-state index in [1.165, 1.54) is 38.5 Å². The van der Waals surface area contributed by atoms with Gasteiger partial charge in [0, 0.05) is 58.7 Å². The maximum absolute atomic E-state index is 13.1. The van der Waals surface area contributed by atoms with Crippen LogP contribution in [0.3, 0.4) is 0 Å². The lowest BCUT2D eigenvalue weighted by molar-refractivity contribution is 0.0950. The van der Waals surface area contributed by atoms with Crippen LogP contribution < -0.4 is 16.2 Å². The number of aryl methyl sites for hydroxylation is 2. The Morgan fingerprint density at radius 1 is 1.08 bits per heavy atom. The van der Waals surface area contributed by atoms with Crippen molar-refractivity contribution < 1.29 is 4.79 Å². The van der Waals surface area contributed by atoms with Crippen molar-refractivity contribution in [3.63, 3.8) is 0 Å². The fraction of sp³-hybridized carbons (Fsp3) is 0.600. The van der Waals surface area contributed by atoms with E-state index in [2.05, 4.69) is 56.4 Å². The zero-order chi connectivity index (χ0) is 26.9. The number of amides is 1. The molecule has 1 aliphatic heterocycles. The van der Waals surface area contributed by atoms with E-state index >= 15 is 0 Å². The minimum Gasteiger partial charge on any atom is -0.382 e. The van der Waals surface area contributed by atoms with Gasteiger partial charge < -0.3 is 20.5 Å². The number of pyridine rings is 1. The fourth-order valence-corrected chi connectivity index (χ4v) is 5.99. The molecule has 7 heteroatoms. The van der Waals surface area contributed by atoms with Gasteiger partial charge in [0.05, 0.1) is 0 Å². The molecular formula is C30H45BrN4O2. The number of rotatable bonds is 12. The van der Waals surface area contributed by atoms with E-state index in [1.54, 1.807) is 0 Å². The van der Waals surface area contributed by atoms with E-state index in [0.717, 1.165) is 52.9 Å². The molecular weight excluding hydrogens is 528 g/mol. The van der Waals surface area contributed by atoms with Crippen molar-refractivity contribution in [2.45, 2.75) is 105 Å². The Bertz CT molecular complexity index is 1110. The second-order valence-electron chi connectivity index (χ2n) is 10.6.